The van der Waals surface area contributed by atoms with E-state index in [1.807, 2.05) is 0 Å². The molecule has 6 N–H and O–H groups in total. The van der Waals surface area contributed by atoms with E-state index < -0.39 is 13.4 Å². The van der Waals surface area contributed by atoms with E-state index in [0.717, 1.165) is 0 Å². The standard InChI is InChI=1S/C32H58.2H3O3PS.Zn/c1-3-5-7-9-11-13-15-17-19-21-23-27-31-29-25-26-30-32(31)28-24-22-20-18-16-14-12-10-8-6-4-2;2*1-4(2,3)5;/h25-26,29-30H,3-24,27-28H2,1-2H3;2*(H3,1,2,3,5);. The molecule has 0 radical (unpaired) electrons. The van der Waals surface area contributed by atoms with Crippen molar-refractivity contribution in [3.8, 4) is 0 Å². The van der Waals surface area contributed by atoms with Crippen molar-refractivity contribution in [3.05, 3.63) is 35.4 Å². The van der Waals surface area contributed by atoms with E-state index in [9.17, 15) is 0 Å². The first-order valence-electron chi connectivity index (χ1n) is 16.5. The minimum absolute atomic E-state index is 0. The fourth-order valence-electron chi connectivity index (χ4n) is 5.00. The number of aryl methyl sites for hydroxylation is 2. The van der Waals surface area contributed by atoms with E-state index in [0.29, 0.717) is 0 Å². The van der Waals surface area contributed by atoms with Crippen molar-refractivity contribution >= 4 is 37.1 Å². The summed E-state index contributed by atoms with van der Waals surface area (Å²) in [5, 5.41) is 0. The van der Waals surface area contributed by atoms with Gasteiger partial charge >= 0.3 is 13.4 Å². The van der Waals surface area contributed by atoms with Crippen LogP contribution in [0.2, 0.25) is 0 Å². The zero-order valence-electron chi connectivity index (χ0n) is 27.4. The van der Waals surface area contributed by atoms with Crippen molar-refractivity contribution in [3.63, 3.8) is 0 Å². The van der Waals surface area contributed by atoms with Gasteiger partial charge < -0.3 is 29.4 Å². The molecule has 0 atom stereocenters. The van der Waals surface area contributed by atoms with E-state index in [-0.39, 0.29) is 19.5 Å². The van der Waals surface area contributed by atoms with Crippen molar-refractivity contribution < 1.29 is 48.8 Å². The van der Waals surface area contributed by atoms with Crippen LogP contribution in [0.4, 0.5) is 0 Å². The van der Waals surface area contributed by atoms with Crippen LogP contribution in [0.1, 0.15) is 166 Å². The Morgan fingerprint density at radius 2 is 0.605 bits per heavy atom. The monoisotopic (exact) mass is 734 g/mol. The Morgan fingerprint density at radius 1 is 0.419 bits per heavy atom. The van der Waals surface area contributed by atoms with Crippen LogP contribution in [-0.4, -0.2) is 29.4 Å². The Balaban J connectivity index is -0.00000125. The van der Waals surface area contributed by atoms with Gasteiger partial charge in [0.15, 0.2) is 0 Å². The summed E-state index contributed by atoms with van der Waals surface area (Å²) in [5.41, 5.74) is 3.27. The van der Waals surface area contributed by atoms with Gasteiger partial charge in [-0.25, -0.2) is 0 Å². The van der Waals surface area contributed by atoms with Gasteiger partial charge in [0.2, 0.25) is 0 Å². The SMILES string of the molecule is CCCCCCCCCCCCCc1ccccc1CCCCCCCCCCCCC.OP(O)(O)=S.OP(O)(O)=S.[Zn]. The number of unbranched alkanes of at least 4 members (excludes halogenated alkanes) is 20. The summed E-state index contributed by atoms with van der Waals surface area (Å²) in [4.78, 5) is 45.3. The minimum Gasteiger partial charge on any atom is -0.325 e. The van der Waals surface area contributed by atoms with Crippen LogP contribution >= 0.6 is 13.4 Å². The largest absolute Gasteiger partial charge is 0.325 e. The van der Waals surface area contributed by atoms with Gasteiger partial charge in [0.25, 0.3) is 0 Å². The topological polar surface area (TPSA) is 121 Å². The third kappa shape index (κ3) is 50.0. The Bertz CT molecular complexity index is 726. The second-order valence-corrected chi connectivity index (χ2v) is 16.4. The molecule has 0 aliphatic heterocycles. The van der Waals surface area contributed by atoms with Crippen LogP contribution in [-0.2, 0) is 55.9 Å². The zero-order chi connectivity index (χ0) is 32.0. The third-order valence-corrected chi connectivity index (χ3v) is 7.22. The average molecular weight is 736 g/mol. The zero-order valence-corrected chi connectivity index (χ0v) is 33.8. The molecule has 252 valence electrons. The summed E-state index contributed by atoms with van der Waals surface area (Å²) in [6.45, 7) is -3.01. The van der Waals surface area contributed by atoms with Gasteiger partial charge in [-0.1, -0.05) is 167 Å². The van der Waals surface area contributed by atoms with Crippen molar-refractivity contribution in [1.82, 2.24) is 0 Å². The molecule has 43 heavy (non-hydrogen) atoms. The van der Waals surface area contributed by atoms with Crippen molar-refractivity contribution in [1.29, 1.82) is 0 Å². The van der Waals surface area contributed by atoms with Gasteiger partial charge in [0.05, 0.1) is 0 Å². The van der Waals surface area contributed by atoms with Crippen LogP contribution in [0.25, 0.3) is 0 Å². The van der Waals surface area contributed by atoms with Crippen LogP contribution in [0.3, 0.4) is 0 Å². The molecule has 1 aromatic rings. The first kappa shape index (κ1) is 48.3. The Labute approximate surface area is 287 Å². The van der Waals surface area contributed by atoms with Crippen molar-refractivity contribution in [2.45, 2.75) is 168 Å². The van der Waals surface area contributed by atoms with Crippen LogP contribution < -0.4 is 0 Å². The number of hydrogen-bond donors (Lipinski definition) is 6. The van der Waals surface area contributed by atoms with Crippen molar-refractivity contribution in [2.75, 3.05) is 0 Å². The van der Waals surface area contributed by atoms with E-state index in [1.54, 1.807) is 11.1 Å². The Hall–Kier alpha value is 0.903. The van der Waals surface area contributed by atoms with E-state index >= 15 is 0 Å². The van der Waals surface area contributed by atoms with Gasteiger partial charge in [0.1, 0.15) is 0 Å². The van der Waals surface area contributed by atoms with Crippen LogP contribution in [0, 0.1) is 0 Å². The first-order valence-corrected chi connectivity index (χ1v) is 21.8. The predicted molar refractivity (Wildman–Crippen MR) is 189 cm³/mol. The molecule has 0 spiro atoms. The molecular formula is C32H64O6P2S2Zn. The number of rotatable bonds is 24. The normalized spacial score (nSPS) is 11.2. The summed E-state index contributed by atoms with van der Waals surface area (Å²) in [5.74, 6) is 0. The van der Waals surface area contributed by atoms with Gasteiger partial charge in [-0.2, -0.15) is 0 Å². The molecular weight excluding hydrogens is 672 g/mol. The van der Waals surface area contributed by atoms with Gasteiger partial charge in [-0.15, -0.1) is 0 Å². The van der Waals surface area contributed by atoms with Crippen LogP contribution in [0.15, 0.2) is 24.3 Å². The fourth-order valence-corrected chi connectivity index (χ4v) is 5.00. The summed E-state index contributed by atoms with van der Waals surface area (Å²) in [6, 6.07) is 9.28. The predicted octanol–water partition coefficient (Wildman–Crippen LogP) is 9.77. The third-order valence-electron chi connectivity index (χ3n) is 7.22. The molecule has 0 amide bonds. The minimum atomic E-state index is -3.81. The van der Waals surface area contributed by atoms with E-state index in [1.165, 1.54) is 154 Å². The Morgan fingerprint density at radius 3 is 0.814 bits per heavy atom. The number of benzene rings is 1. The second-order valence-electron chi connectivity index (χ2n) is 11.4. The van der Waals surface area contributed by atoms with Gasteiger partial charge in [-0.3, -0.25) is 0 Å². The molecule has 0 aliphatic carbocycles. The van der Waals surface area contributed by atoms with Gasteiger partial charge in [0, 0.05) is 19.5 Å². The summed E-state index contributed by atoms with van der Waals surface area (Å²) >= 11 is 7.21. The van der Waals surface area contributed by atoms with Crippen LogP contribution in [0.5, 0.6) is 0 Å². The summed E-state index contributed by atoms with van der Waals surface area (Å²) in [7, 11) is 0. The fraction of sp³-hybridized carbons (Fsp3) is 0.812. The molecule has 0 aromatic heterocycles. The Kier molecular flexibility index (Phi) is 38.5. The molecule has 0 saturated heterocycles. The molecule has 0 fully saturated rings. The molecule has 0 heterocycles. The smallest absolute Gasteiger partial charge is 0.319 e. The van der Waals surface area contributed by atoms with Crippen molar-refractivity contribution in [2.24, 2.45) is 0 Å². The first-order chi connectivity index (χ1) is 19.9. The van der Waals surface area contributed by atoms with E-state index in [2.05, 4.69) is 61.7 Å². The molecule has 0 unspecified atom stereocenters. The molecule has 1 aromatic carbocycles. The quantitative estimate of drug-likeness (QED) is 0.0353. The molecule has 0 bridgehead atoms. The molecule has 1 rings (SSSR count). The average Bonchev–Trinajstić information content (AvgIpc) is 2.89. The molecule has 11 heteroatoms. The molecule has 6 nitrogen and oxygen atoms in total. The maximum absolute atomic E-state index is 7.56. The molecule has 0 aliphatic rings. The maximum atomic E-state index is 7.56. The summed E-state index contributed by atoms with van der Waals surface area (Å²) in [6.07, 6.45) is 34.2. The summed E-state index contributed by atoms with van der Waals surface area (Å²) < 4.78 is 0. The van der Waals surface area contributed by atoms with E-state index in [4.69, 9.17) is 29.4 Å². The molecule has 0 saturated carbocycles. The maximum Gasteiger partial charge on any atom is 0.319 e. The number of hydrogen-bond acceptors (Lipinski definition) is 2. The second kappa shape index (κ2) is 34.2. The van der Waals surface area contributed by atoms with Gasteiger partial charge in [-0.05, 0) is 60.4 Å².